The van der Waals surface area contributed by atoms with Crippen LogP contribution in [0.2, 0.25) is 0 Å². The molecule has 1 unspecified atom stereocenters. The number of sulfone groups is 1. The third kappa shape index (κ3) is 5.03. The third-order valence-corrected chi connectivity index (χ3v) is 3.24. The molecule has 1 rings (SSSR count). The molecule has 1 atom stereocenters. The maximum Gasteiger partial charge on any atom is 0.149 e. The largest absolute Gasteiger partial charge is 0.491 e. The van der Waals surface area contributed by atoms with E-state index in [-0.39, 0.29) is 11.9 Å². The van der Waals surface area contributed by atoms with Crippen molar-refractivity contribution in [1.82, 2.24) is 5.43 Å². The van der Waals surface area contributed by atoms with Crippen LogP contribution < -0.4 is 16.0 Å². The van der Waals surface area contributed by atoms with Gasteiger partial charge in [-0.15, -0.1) is 0 Å². The molecule has 18 heavy (non-hydrogen) atoms. The second-order valence-electron chi connectivity index (χ2n) is 4.55. The highest BCUT2D eigenvalue weighted by Gasteiger charge is 2.16. The van der Waals surface area contributed by atoms with Gasteiger partial charge in [0.25, 0.3) is 0 Å². The molecule has 1 aromatic rings. The first-order valence-electron chi connectivity index (χ1n) is 5.72. The van der Waals surface area contributed by atoms with Crippen molar-refractivity contribution in [1.29, 1.82) is 0 Å². The molecule has 1 aromatic carbocycles. The monoisotopic (exact) mass is 272 g/mol. The molecule has 0 spiro atoms. The van der Waals surface area contributed by atoms with Crippen LogP contribution in [0.3, 0.4) is 0 Å². The zero-order chi connectivity index (χ0) is 13.8. The van der Waals surface area contributed by atoms with Crippen molar-refractivity contribution in [3.05, 3.63) is 29.8 Å². The lowest BCUT2D eigenvalue weighted by atomic mass is 10.1. The fraction of sp³-hybridized carbons (Fsp3) is 0.500. The molecule has 102 valence electrons. The van der Waals surface area contributed by atoms with E-state index < -0.39 is 15.9 Å². The molecule has 0 amide bonds. The van der Waals surface area contributed by atoms with E-state index in [2.05, 4.69) is 5.43 Å². The molecule has 0 aliphatic carbocycles. The molecule has 0 aromatic heterocycles. The minimum atomic E-state index is -3.10. The summed E-state index contributed by atoms with van der Waals surface area (Å²) in [5.41, 5.74) is 3.31. The van der Waals surface area contributed by atoms with Gasteiger partial charge in [0.1, 0.15) is 15.6 Å². The van der Waals surface area contributed by atoms with Crippen LogP contribution in [-0.4, -0.2) is 26.5 Å². The molecule has 0 heterocycles. The van der Waals surface area contributed by atoms with Crippen molar-refractivity contribution >= 4 is 9.84 Å². The van der Waals surface area contributed by atoms with Crippen LogP contribution in [0.15, 0.2) is 24.3 Å². The number of hydrogen-bond donors (Lipinski definition) is 2. The van der Waals surface area contributed by atoms with Gasteiger partial charge in [0.05, 0.1) is 17.9 Å². The Morgan fingerprint density at radius 3 is 2.56 bits per heavy atom. The highest BCUT2D eigenvalue weighted by atomic mass is 32.2. The SMILES string of the molecule is CC(C)Oc1cccc(C(CS(C)(=O)=O)NN)c1. The summed E-state index contributed by atoms with van der Waals surface area (Å²) in [6.45, 7) is 3.86. The first-order chi connectivity index (χ1) is 8.31. The van der Waals surface area contributed by atoms with Crippen molar-refractivity contribution in [2.75, 3.05) is 12.0 Å². The molecule has 6 heteroatoms. The summed E-state index contributed by atoms with van der Waals surface area (Å²) in [5.74, 6) is 6.07. The predicted molar refractivity (Wildman–Crippen MR) is 72.0 cm³/mol. The highest BCUT2D eigenvalue weighted by molar-refractivity contribution is 7.90. The van der Waals surface area contributed by atoms with Gasteiger partial charge in [-0.05, 0) is 31.5 Å². The maximum absolute atomic E-state index is 11.3. The van der Waals surface area contributed by atoms with E-state index >= 15 is 0 Å². The lowest BCUT2D eigenvalue weighted by Gasteiger charge is -2.17. The highest BCUT2D eigenvalue weighted by Crippen LogP contribution is 2.20. The summed E-state index contributed by atoms with van der Waals surface area (Å²) in [6, 6.07) is 6.84. The van der Waals surface area contributed by atoms with Crippen LogP contribution in [0.25, 0.3) is 0 Å². The fourth-order valence-electron chi connectivity index (χ4n) is 1.62. The van der Waals surface area contributed by atoms with Crippen molar-refractivity contribution in [3.63, 3.8) is 0 Å². The fourth-order valence-corrected chi connectivity index (χ4v) is 2.51. The van der Waals surface area contributed by atoms with Gasteiger partial charge in [-0.2, -0.15) is 0 Å². The maximum atomic E-state index is 11.3. The van der Waals surface area contributed by atoms with E-state index in [0.29, 0.717) is 5.75 Å². The number of rotatable bonds is 6. The molecule has 0 radical (unpaired) electrons. The van der Waals surface area contributed by atoms with Crippen LogP contribution in [0.1, 0.15) is 25.5 Å². The number of hydrogen-bond acceptors (Lipinski definition) is 5. The molecule has 0 saturated heterocycles. The molecule has 5 nitrogen and oxygen atoms in total. The van der Waals surface area contributed by atoms with E-state index in [1.54, 1.807) is 6.07 Å². The number of nitrogens with one attached hydrogen (secondary N) is 1. The van der Waals surface area contributed by atoms with Gasteiger partial charge in [-0.1, -0.05) is 12.1 Å². The van der Waals surface area contributed by atoms with Crippen molar-refractivity contribution in [3.8, 4) is 5.75 Å². The third-order valence-electron chi connectivity index (χ3n) is 2.30. The minimum absolute atomic E-state index is 0.0470. The minimum Gasteiger partial charge on any atom is -0.491 e. The number of benzene rings is 1. The smallest absolute Gasteiger partial charge is 0.149 e. The number of nitrogens with two attached hydrogens (primary N) is 1. The molecule has 0 aliphatic rings. The van der Waals surface area contributed by atoms with Crippen molar-refractivity contribution < 1.29 is 13.2 Å². The first-order valence-corrected chi connectivity index (χ1v) is 7.78. The molecule has 0 bridgehead atoms. The second kappa shape index (κ2) is 6.17. The Kier molecular flexibility index (Phi) is 5.13. The Labute approximate surface area is 108 Å². The van der Waals surface area contributed by atoms with E-state index in [1.807, 2.05) is 32.0 Å². The van der Waals surface area contributed by atoms with Gasteiger partial charge >= 0.3 is 0 Å². The molecular formula is C12H20N2O3S. The standard InChI is InChI=1S/C12H20N2O3S/c1-9(2)17-11-6-4-5-10(7-11)12(14-13)8-18(3,15)16/h4-7,9,12,14H,8,13H2,1-3H3. The van der Waals surface area contributed by atoms with Crippen LogP contribution in [0, 0.1) is 0 Å². The normalized spacial score (nSPS) is 13.6. The number of hydrazine groups is 1. The van der Waals surface area contributed by atoms with Crippen LogP contribution in [0.4, 0.5) is 0 Å². The summed E-state index contributed by atoms with van der Waals surface area (Å²) in [6.07, 6.45) is 1.26. The molecule has 3 N–H and O–H groups in total. The lowest BCUT2D eigenvalue weighted by molar-refractivity contribution is 0.242. The summed E-state index contributed by atoms with van der Waals surface area (Å²) in [7, 11) is -3.10. The van der Waals surface area contributed by atoms with E-state index in [4.69, 9.17) is 10.6 Å². The van der Waals surface area contributed by atoms with Crippen molar-refractivity contribution in [2.45, 2.75) is 26.0 Å². The Hall–Kier alpha value is -1.11. The van der Waals surface area contributed by atoms with E-state index in [1.165, 1.54) is 6.26 Å². The molecular weight excluding hydrogens is 252 g/mol. The van der Waals surface area contributed by atoms with Crippen LogP contribution in [-0.2, 0) is 9.84 Å². The summed E-state index contributed by atoms with van der Waals surface area (Å²) in [4.78, 5) is 0. The summed E-state index contributed by atoms with van der Waals surface area (Å²) < 4.78 is 28.2. The van der Waals surface area contributed by atoms with Crippen LogP contribution in [0.5, 0.6) is 5.75 Å². The summed E-state index contributed by atoms with van der Waals surface area (Å²) in [5, 5.41) is 0. The Balaban J connectivity index is 2.92. The molecule has 0 saturated carbocycles. The Morgan fingerprint density at radius 1 is 1.39 bits per heavy atom. The average Bonchev–Trinajstić information content (AvgIpc) is 2.24. The van der Waals surface area contributed by atoms with Gasteiger partial charge in [0.2, 0.25) is 0 Å². The molecule has 0 fully saturated rings. The predicted octanol–water partition coefficient (Wildman–Crippen LogP) is 1.02. The second-order valence-corrected chi connectivity index (χ2v) is 6.74. The number of ether oxygens (including phenoxy) is 1. The average molecular weight is 272 g/mol. The zero-order valence-corrected chi connectivity index (χ0v) is 11.7. The van der Waals surface area contributed by atoms with E-state index in [0.717, 1.165) is 5.56 Å². The Bertz CT molecular complexity index is 486. The van der Waals surface area contributed by atoms with Gasteiger partial charge < -0.3 is 4.74 Å². The van der Waals surface area contributed by atoms with Gasteiger partial charge in [-0.3, -0.25) is 11.3 Å². The molecule has 0 aliphatic heterocycles. The Morgan fingerprint density at radius 2 is 2.06 bits per heavy atom. The van der Waals surface area contributed by atoms with Gasteiger partial charge in [-0.25, -0.2) is 8.42 Å². The van der Waals surface area contributed by atoms with E-state index in [9.17, 15) is 8.42 Å². The topological polar surface area (TPSA) is 81.4 Å². The lowest BCUT2D eigenvalue weighted by Crippen LogP contribution is -2.33. The van der Waals surface area contributed by atoms with Gasteiger partial charge in [0, 0.05) is 6.26 Å². The zero-order valence-electron chi connectivity index (χ0n) is 10.9. The summed E-state index contributed by atoms with van der Waals surface area (Å²) >= 11 is 0. The first kappa shape index (κ1) is 14.9. The van der Waals surface area contributed by atoms with Crippen LogP contribution >= 0.6 is 0 Å². The van der Waals surface area contributed by atoms with Crippen molar-refractivity contribution in [2.24, 2.45) is 5.84 Å². The van der Waals surface area contributed by atoms with Gasteiger partial charge in [0.15, 0.2) is 0 Å². The quantitative estimate of drug-likeness (QED) is 0.597.